The van der Waals surface area contributed by atoms with E-state index in [-0.39, 0.29) is 23.6 Å². The van der Waals surface area contributed by atoms with E-state index in [0.717, 1.165) is 5.56 Å². The first-order valence-electron chi connectivity index (χ1n) is 7.19. The Morgan fingerprint density at radius 2 is 1.95 bits per heavy atom. The zero-order valence-electron chi connectivity index (χ0n) is 12.3. The minimum atomic E-state index is -0.199. The predicted octanol–water partition coefficient (Wildman–Crippen LogP) is 1.72. The molecule has 0 saturated carbocycles. The third-order valence-electron chi connectivity index (χ3n) is 3.92. The average molecular weight is 299 g/mol. The number of amides is 2. The fourth-order valence-electron chi connectivity index (χ4n) is 2.74. The van der Waals surface area contributed by atoms with Crippen molar-refractivity contribution in [1.29, 1.82) is 0 Å². The summed E-state index contributed by atoms with van der Waals surface area (Å²) in [6.07, 6.45) is 1.45. The molecule has 0 bridgehead atoms. The van der Waals surface area contributed by atoms with Crippen molar-refractivity contribution in [2.24, 2.45) is 0 Å². The zero-order chi connectivity index (χ0) is 15.5. The van der Waals surface area contributed by atoms with Crippen LogP contribution in [0, 0.1) is 0 Å². The zero-order valence-corrected chi connectivity index (χ0v) is 12.3. The van der Waals surface area contributed by atoms with Crippen molar-refractivity contribution in [3.63, 3.8) is 0 Å². The standard InChI is InChI=1S/C16H17N3O3/c1-12(20)18-9-10-19(16(21)15-7-8-17-22-15)14(11-18)13-5-3-2-4-6-13/h2-8,14H,9-11H2,1H3/t14-/m0/s1. The van der Waals surface area contributed by atoms with Crippen LogP contribution >= 0.6 is 0 Å². The highest BCUT2D eigenvalue weighted by molar-refractivity contribution is 5.91. The van der Waals surface area contributed by atoms with Crippen molar-refractivity contribution >= 4 is 11.8 Å². The van der Waals surface area contributed by atoms with Crippen molar-refractivity contribution in [2.45, 2.75) is 13.0 Å². The highest BCUT2D eigenvalue weighted by Crippen LogP contribution is 2.27. The number of piperazine rings is 1. The minimum absolute atomic E-state index is 0.0210. The molecule has 1 saturated heterocycles. The van der Waals surface area contributed by atoms with E-state index in [1.807, 2.05) is 30.3 Å². The van der Waals surface area contributed by atoms with Gasteiger partial charge in [0.25, 0.3) is 5.91 Å². The molecule has 22 heavy (non-hydrogen) atoms. The lowest BCUT2D eigenvalue weighted by Gasteiger charge is -2.41. The summed E-state index contributed by atoms with van der Waals surface area (Å²) in [7, 11) is 0. The maximum Gasteiger partial charge on any atom is 0.293 e. The van der Waals surface area contributed by atoms with Gasteiger partial charge in [0.15, 0.2) is 0 Å². The summed E-state index contributed by atoms with van der Waals surface area (Å²) in [6.45, 7) is 3.03. The maximum absolute atomic E-state index is 12.6. The van der Waals surface area contributed by atoms with E-state index in [4.69, 9.17) is 4.52 Å². The van der Waals surface area contributed by atoms with Crippen LogP contribution in [-0.4, -0.2) is 46.4 Å². The topological polar surface area (TPSA) is 66.7 Å². The van der Waals surface area contributed by atoms with E-state index in [1.165, 1.54) is 6.20 Å². The van der Waals surface area contributed by atoms with E-state index in [0.29, 0.717) is 19.6 Å². The van der Waals surface area contributed by atoms with Crippen LogP contribution in [0.3, 0.4) is 0 Å². The Hall–Kier alpha value is -2.63. The second kappa shape index (κ2) is 6.01. The van der Waals surface area contributed by atoms with E-state index in [2.05, 4.69) is 5.16 Å². The van der Waals surface area contributed by atoms with E-state index in [1.54, 1.807) is 22.8 Å². The molecule has 2 amide bonds. The van der Waals surface area contributed by atoms with Gasteiger partial charge in [-0.2, -0.15) is 0 Å². The molecular weight excluding hydrogens is 282 g/mol. The van der Waals surface area contributed by atoms with Gasteiger partial charge in [0.05, 0.1) is 12.2 Å². The third kappa shape index (κ3) is 2.72. The minimum Gasteiger partial charge on any atom is -0.351 e. The number of carbonyl (C=O) groups excluding carboxylic acids is 2. The largest absolute Gasteiger partial charge is 0.351 e. The van der Waals surface area contributed by atoms with Crippen LogP contribution in [0.2, 0.25) is 0 Å². The van der Waals surface area contributed by atoms with Gasteiger partial charge in [-0.25, -0.2) is 0 Å². The number of hydrogen-bond donors (Lipinski definition) is 0. The van der Waals surface area contributed by atoms with Crippen molar-refractivity contribution in [3.05, 3.63) is 53.9 Å². The molecule has 0 spiro atoms. The number of rotatable bonds is 2. The summed E-state index contributed by atoms with van der Waals surface area (Å²) in [5, 5.41) is 3.59. The molecule has 114 valence electrons. The quantitative estimate of drug-likeness (QED) is 0.847. The van der Waals surface area contributed by atoms with E-state index >= 15 is 0 Å². The monoisotopic (exact) mass is 299 g/mol. The van der Waals surface area contributed by atoms with Crippen molar-refractivity contribution in [3.8, 4) is 0 Å². The average Bonchev–Trinajstić information content (AvgIpc) is 3.09. The first-order chi connectivity index (χ1) is 10.7. The summed E-state index contributed by atoms with van der Waals surface area (Å²) >= 11 is 0. The summed E-state index contributed by atoms with van der Waals surface area (Å²) in [5.74, 6) is 0.0412. The van der Waals surface area contributed by atoms with E-state index < -0.39 is 0 Å². The summed E-state index contributed by atoms with van der Waals surface area (Å²) in [4.78, 5) is 27.8. The second-order valence-electron chi connectivity index (χ2n) is 5.27. The lowest BCUT2D eigenvalue weighted by atomic mass is 10.0. The summed E-state index contributed by atoms with van der Waals surface area (Å²) in [5.41, 5.74) is 1.00. The molecule has 2 aromatic rings. The molecule has 3 rings (SSSR count). The highest BCUT2D eigenvalue weighted by atomic mass is 16.5. The van der Waals surface area contributed by atoms with Crippen LogP contribution in [0.4, 0.5) is 0 Å². The number of benzene rings is 1. The Morgan fingerprint density at radius 1 is 1.18 bits per heavy atom. The van der Waals surface area contributed by atoms with Gasteiger partial charge in [-0.05, 0) is 5.56 Å². The number of nitrogens with zero attached hydrogens (tertiary/aromatic N) is 3. The lowest BCUT2D eigenvalue weighted by Crippen LogP contribution is -2.51. The molecule has 1 atom stereocenters. The predicted molar refractivity (Wildman–Crippen MR) is 79.0 cm³/mol. The molecular formula is C16H17N3O3. The molecule has 6 heteroatoms. The summed E-state index contributed by atoms with van der Waals surface area (Å²) in [6, 6.07) is 11.1. The first-order valence-corrected chi connectivity index (χ1v) is 7.19. The van der Waals surface area contributed by atoms with Crippen LogP contribution in [0.1, 0.15) is 29.1 Å². The molecule has 0 unspecified atom stereocenters. The molecule has 0 aliphatic carbocycles. The van der Waals surface area contributed by atoms with Crippen LogP contribution in [0.15, 0.2) is 47.1 Å². The maximum atomic E-state index is 12.6. The second-order valence-corrected chi connectivity index (χ2v) is 5.27. The van der Waals surface area contributed by atoms with Crippen molar-refractivity contribution in [1.82, 2.24) is 15.0 Å². The fourth-order valence-corrected chi connectivity index (χ4v) is 2.74. The van der Waals surface area contributed by atoms with Crippen LogP contribution < -0.4 is 0 Å². The normalized spacial score (nSPS) is 18.3. The van der Waals surface area contributed by atoms with Crippen LogP contribution in [0.25, 0.3) is 0 Å². The molecule has 1 aromatic carbocycles. The number of hydrogen-bond acceptors (Lipinski definition) is 4. The Labute approximate surface area is 128 Å². The smallest absolute Gasteiger partial charge is 0.293 e. The van der Waals surface area contributed by atoms with E-state index in [9.17, 15) is 9.59 Å². The molecule has 0 radical (unpaired) electrons. The van der Waals surface area contributed by atoms with Gasteiger partial charge < -0.3 is 14.3 Å². The van der Waals surface area contributed by atoms with Gasteiger partial charge in [0.1, 0.15) is 0 Å². The summed E-state index contributed by atoms with van der Waals surface area (Å²) < 4.78 is 4.99. The SMILES string of the molecule is CC(=O)N1CCN(C(=O)c2ccno2)[C@H](c2ccccc2)C1. The number of aromatic nitrogens is 1. The first kappa shape index (κ1) is 14.3. The van der Waals surface area contributed by atoms with Gasteiger partial charge in [-0.3, -0.25) is 9.59 Å². The lowest BCUT2D eigenvalue weighted by molar-refractivity contribution is -0.131. The molecule has 1 fully saturated rings. The van der Waals surface area contributed by atoms with Crippen molar-refractivity contribution < 1.29 is 14.1 Å². The fraction of sp³-hybridized carbons (Fsp3) is 0.312. The van der Waals surface area contributed by atoms with Gasteiger partial charge in [0, 0.05) is 32.6 Å². The molecule has 1 aliphatic heterocycles. The molecule has 6 nitrogen and oxygen atoms in total. The Bertz CT molecular complexity index is 655. The molecule has 1 aromatic heterocycles. The van der Waals surface area contributed by atoms with Gasteiger partial charge in [0.2, 0.25) is 11.7 Å². The number of carbonyl (C=O) groups is 2. The van der Waals surface area contributed by atoms with Gasteiger partial charge in [-0.1, -0.05) is 35.5 Å². The molecule has 0 N–H and O–H groups in total. The molecule has 2 heterocycles. The van der Waals surface area contributed by atoms with Gasteiger partial charge >= 0.3 is 0 Å². The highest BCUT2D eigenvalue weighted by Gasteiger charge is 2.34. The van der Waals surface area contributed by atoms with Crippen LogP contribution in [-0.2, 0) is 4.79 Å². The Morgan fingerprint density at radius 3 is 2.59 bits per heavy atom. The van der Waals surface area contributed by atoms with Gasteiger partial charge in [-0.15, -0.1) is 0 Å². The van der Waals surface area contributed by atoms with Crippen LogP contribution in [0.5, 0.6) is 0 Å². The van der Waals surface area contributed by atoms with Crippen molar-refractivity contribution in [2.75, 3.05) is 19.6 Å². The Kier molecular flexibility index (Phi) is 3.91. The Balaban J connectivity index is 1.90. The third-order valence-corrected chi connectivity index (χ3v) is 3.92. The molecule has 1 aliphatic rings.